The van der Waals surface area contributed by atoms with Gasteiger partial charge in [-0.05, 0) is 62.0 Å². The molecule has 3 aliphatic heterocycles. The van der Waals surface area contributed by atoms with Crippen LogP contribution in [0.15, 0.2) is 24.5 Å². The van der Waals surface area contributed by atoms with Gasteiger partial charge >= 0.3 is 0 Å². The molecule has 0 radical (unpaired) electrons. The summed E-state index contributed by atoms with van der Waals surface area (Å²) < 4.78 is 15.9. The van der Waals surface area contributed by atoms with Gasteiger partial charge in [-0.2, -0.15) is 4.37 Å². The van der Waals surface area contributed by atoms with Crippen molar-refractivity contribution in [1.29, 1.82) is 0 Å². The Morgan fingerprint density at radius 2 is 2.11 bits per heavy atom. The highest BCUT2D eigenvalue weighted by Gasteiger charge is 2.51. The number of ether oxygens (including phenoxy) is 2. The Kier molecular flexibility index (Phi) is 4.95. The van der Waals surface area contributed by atoms with Gasteiger partial charge in [0.1, 0.15) is 17.7 Å². The Labute approximate surface area is 174 Å². The van der Waals surface area contributed by atoms with E-state index in [9.17, 15) is 0 Å². The molecule has 1 spiro atoms. The van der Waals surface area contributed by atoms with Crippen molar-refractivity contribution in [2.75, 3.05) is 44.8 Å². The fourth-order valence-electron chi connectivity index (χ4n) is 4.97. The number of likely N-dealkylation sites (tertiary alicyclic amines) is 1. The zero-order valence-corrected chi connectivity index (χ0v) is 17.6. The maximum Gasteiger partial charge on any atom is 0.205 e. The number of methoxy groups -OCH3 is 1. The van der Waals surface area contributed by atoms with Crippen molar-refractivity contribution in [2.24, 2.45) is 0 Å². The SMILES string of the molecule is COc1ccc(Cl)cc1C1CCN([C@@H]2COC3(C2)CN(c2ncns2)C3)CC1. The quantitative estimate of drug-likeness (QED) is 0.755. The minimum absolute atomic E-state index is 0.0172. The molecule has 2 aromatic rings. The molecule has 1 atom stereocenters. The molecular weight excluding hydrogens is 396 g/mol. The van der Waals surface area contributed by atoms with Gasteiger partial charge in [0, 0.05) is 22.6 Å². The average Bonchev–Trinajstić information content (AvgIpc) is 3.37. The first-order valence-electron chi connectivity index (χ1n) is 9.89. The van der Waals surface area contributed by atoms with Crippen molar-refractivity contribution in [3.8, 4) is 5.75 Å². The molecular formula is C20H25ClN4O2S. The van der Waals surface area contributed by atoms with Crippen LogP contribution in [0.1, 0.15) is 30.7 Å². The van der Waals surface area contributed by atoms with E-state index >= 15 is 0 Å². The lowest BCUT2D eigenvalue weighted by Gasteiger charge is -2.47. The van der Waals surface area contributed by atoms with Crippen molar-refractivity contribution in [3.63, 3.8) is 0 Å². The predicted molar refractivity (Wildman–Crippen MR) is 111 cm³/mol. The number of nitrogens with zero attached hydrogens (tertiary/aromatic N) is 4. The molecule has 0 unspecified atom stereocenters. The van der Waals surface area contributed by atoms with E-state index in [0.29, 0.717) is 12.0 Å². The van der Waals surface area contributed by atoms with E-state index < -0.39 is 0 Å². The zero-order chi connectivity index (χ0) is 19.1. The van der Waals surface area contributed by atoms with Crippen molar-refractivity contribution >= 4 is 28.3 Å². The Morgan fingerprint density at radius 1 is 1.29 bits per heavy atom. The first-order valence-corrected chi connectivity index (χ1v) is 11.0. The van der Waals surface area contributed by atoms with Crippen LogP contribution in [0.25, 0.3) is 0 Å². The van der Waals surface area contributed by atoms with Crippen molar-refractivity contribution in [1.82, 2.24) is 14.3 Å². The van der Waals surface area contributed by atoms with Crippen LogP contribution < -0.4 is 9.64 Å². The van der Waals surface area contributed by atoms with E-state index in [1.54, 1.807) is 13.4 Å². The van der Waals surface area contributed by atoms with Gasteiger partial charge in [-0.15, -0.1) is 0 Å². The van der Waals surface area contributed by atoms with Crippen molar-refractivity contribution in [3.05, 3.63) is 35.1 Å². The van der Waals surface area contributed by atoms with Gasteiger partial charge < -0.3 is 14.4 Å². The summed E-state index contributed by atoms with van der Waals surface area (Å²) >= 11 is 7.69. The third-order valence-electron chi connectivity index (χ3n) is 6.45. The highest BCUT2D eigenvalue weighted by molar-refractivity contribution is 7.09. The molecule has 150 valence electrons. The van der Waals surface area contributed by atoms with E-state index in [2.05, 4.69) is 25.2 Å². The Bertz CT molecular complexity index is 820. The second-order valence-electron chi connectivity index (χ2n) is 8.13. The molecule has 0 amide bonds. The van der Waals surface area contributed by atoms with Crippen LogP contribution in [0.3, 0.4) is 0 Å². The minimum Gasteiger partial charge on any atom is -0.496 e. The van der Waals surface area contributed by atoms with Crippen LogP contribution in [-0.4, -0.2) is 65.8 Å². The van der Waals surface area contributed by atoms with Crippen LogP contribution in [-0.2, 0) is 4.74 Å². The average molecular weight is 421 g/mol. The lowest BCUT2D eigenvalue weighted by atomic mass is 9.86. The van der Waals surface area contributed by atoms with E-state index in [4.69, 9.17) is 21.1 Å². The van der Waals surface area contributed by atoms with E-state index in [1.807, 2.05) is 12.1 Å². The summed E-state index contributed by atoms with van der Waals surface area (Å²) in [5.74, 6) is 1.47. The van der Waals surface area contributed by atoms with E-state index in [1.165, 1.54) is 17.1 Å². The molecule has 5 rings (SSSR count). The van der Waals surface area contributed by atoms with Gasteiger partial charge in [-0.25, -0.2) is 4.98 Å². The summed E-state index contributed by atoms with van der Waals surface area (Å²) in [5, 5.41) is 1.79. The van der Waals surface area contributed by atoms with Gasteiger partial charge in [0.15, 0.2) is 0 Å². The molecule has 0 aliphatic carbocycles. The number of anilines is 1. The molecule has 1 aromatic heterocycles. The molecule has 0 bridgehead atoms. The summed E-state index contributed by atoms with van der Waals surface area (Å²) in [7, 11) is 1.74. The largest absolute Gasteiger partial charge is 0.496 e. The molecule has 3 fully saturated rings. The second kappa shape index (κ2) is 7.44. The molecule has 4 heterocycles. The molecule has 6 nitrogen and oxygen atoms in total. The number of halogens is 1. The maximum atomic E-state index is 6.27. The predicted octanol–water partition coefficient (Wildman–Crippen LogP) is 3.43. The topological polar surface area (TPSA) is 50.7 Å². The fourth-order valence-corrected chi connectivity index (χ4v) is 5.67. The number of benzene rings is 1. The van der Waals surface area contributed by atoms with E-state index in [-0.39, 0.29) is 5.60 Å². The third-order valence-corrected chi connectivity index (χ3v) is 7.41. The zero-order valence-electron chi connectivity index (χ0n) is 16.0. The highest BCUT2D eigenvalue weighted by atomic mass is 35.5. The number of piperidine rings is 1. The summed E-state index contributed by atoms with van der Waals surface area (Å²) in [6, 6.07) is 6.49. The fraction of sp³-hybridized carbons (Fsp3) is 0.600. The summed E-state index contributed by atoms with van der Waals surface area (Å²) in [5.41, 5.74) is 1.27. The Hall–Kier alpha value is -1.41. The van der Waals surface area contributed by atoms with Gasteiger partial charge in [-0.3, -0.25) is 4.90 Å². The standard InChI is InChI=1S/C20H25ClN4O2S/c1-26-18-3-2-15(21)8-17(18)14-4-6-24(7-5-14)16-9-20(27-10-16)11-25(12-20)19-22-13-23-28-19/h2-3,8,13-14,16H,4-7,9-12H2,1H3/t16-/m0/s1. The van der Waals surface area contributed by atoms with Crippen molar-refractivity contribution < 1.29 is 9.47 Å². The summed E-state index contributed by atoms with van der Waals surface area (Å²) in [6.45, 7) is 4.92. The normalized spacial score (nSPS) is 25.2. The summed E-state index contributed by atoms with van der Waals surface area (Å²) in [6.07, 6.45) is 5.02. The molecule has 8 heteroatoms. The van der Waals surface area contributed by atoms with Crippen LogP contribution >= 0.6 is 23.1 Å². The third kappa shape index (κ3) is 3.38. The molecule has 0 saturated carbocycles. The smallest absolute Gasteiger partial charge is 0.205 e. The Balaban J connectivity index is 1.17. The van der Waals surface area contributed by atoms with Gasteiger partial charge in [0.25, 0.3) is 0 Å². The second-order valence-corrected chi connectivity index (χ2v) is 9.32. The molecule has 1 aromatic carbocycles. The van der Waals surface area contributed by atoms with E-state index in [0.717, 1.165) is 68.0 Å². The number of hydrogen-bond acceptors (Lipinski definition) is 7. The lowest BCUT2D eigenvalue weighted by molar-refractivity contribution is -0.0194. The molecule has 0 N–H and O–H groups in total. The highest BCUT2D eigenvalue weighted by Crippen LogP contribution is 2.41. The monoisotopic (exact) mass is 420 g/mol. The van der Waals surface area contributed by atoms with Crippen LogP contribution in [0.5, 0.6) is 5.75 Å². The van der Waals surface area contributed by atoms with Gasteiger partial charge in [0.05, 0.1) is 26.8 Å². The summed E-state index contributed by atoms with van der Waals surface area (Å²) in [4.78, 5) is 9.20. The minimum atomic E-state index is 0.0172. The van der Waals surface area contributed by atoms with Crippen molar-refractivity contribution in [2.45, 2.75) is 36.8 Å². The molecule has 3 aliphatic rings. The van der Waals surface area contributed by atoms with Crippen LogP contribution in [0, 0.1) is 0 Å². The maximum absolute atomic E-state index is 6.27. The van der Waals surface area contributed by atoms with Gasteiger partial charge in [-0.1, -0.05) is 11.6 Å². The van der Waals surface area contributed by atoms with Crippen LogP contribution in [0.2, 0.25) is 5.02 Å². The van der Waals surface area contributed by atoms with Crippen LogP contribution in [0.4, 0.5) is 5.13 Å². The first-order chi connectivity index (χ1) is 13.7. The first kappa shape index (κ1) is 18.6. The lowest BCUT2D eigenvalue weighted by Crippen LogP contribution is -2.62. The molecule has 3 saturated heterocycles. The number of rotatable bonds is 4. The van der Waals surface area contributed by atoms with Gasteiger partial charge in [0.2, 0.25) is 5.13 Å². The molecule has 28 heavy (non-hydrogen) atoms. The Morgan fingerprint density at radius 3 is 2.82 bits per heavy atom. The number of hydrogen-bond donors (Lipinski definition) is 0. The number of aromatic nitrogens is 2.